The van der Waals surface area contributed by atoms with Gasteiger partial charge in [0.05, 0.1) is 19.8 Å². The minimum Gasteiger partial charge on any atom is -0.379 e. The van der Waals surface area contributed by atoms with Crippen molar-refractivity contribution in [3.05, 3.63) is 30.0 Å². The van der Waals surface area contributed by atoms with Gasteiger partial charge in [0.25, 0.3) is 20.0 Å². The van der Waals surface area contributed by atoms with Crippen LogP contribution in [0.3, 0.4) is 0 Å². The van der Waals surface area contributed by atoms with Crippen molar-refractivity contribution >= 4 is 37.5 Å². The normalized spacial score (nSPS) is 20.3. The van der Waals surface area contributed by atoms with E-state index in [4.69, 9.17) is 4.74 Å². The molecule has 1 saturated heterocycles. The summed E-state index contributed by atoms with van der Waals surface area (Å²) in [4.78, 5) is 2.23. The molecule has 1 N–H and O–H groups in total. The summed E-state index contributed by atoms with van der Waals surface area (Å²) >= 11 is 0.778. The van der Waals surface area contributed by atoms with Crippen molar-refractivity contribution in [1.29, 1.82) is 0 Å². The molecule has 0 amide bonds. The van der Waals surface area contributed by atoms with E-state index in [1.165, 1.54) is 16.6 Å². The van der Waals surface area contributed by atoms with Crippen LogP contribution in [0, 0.1) is 0 Å². The van der Waals surface area contributed by atoms with Crippen molar-refractivity contribution in [2.45, 2.75) is 34.7 Å². The minimum atomic E-state index is -3.79. The van der Waals surface area contributed by atoms with E-state index >= 15 is 0 Å². The average Bonchev–Trinajstić information content (AvgIpc) is 3.06. The number of hydrogen-bond donors (Lipinski definition) is 1. The zero-order chi connectivity index (χ0) is 21.3. The molecule has 2 aliphatic rings. The molecule has 8 nitrogen and oxygen atoms in total. The predicted molar refractivity (Wildman–Crippen MR) is 114 cm³/mol. The minimum absolute atomic E-state index is 0.00430. The molecule has 1 aromatic rings. The first-order chi connectivity index (χ1) is 13.5. The maximum absolute atomic E-state index is 12.9. The number of nitrogens with one attached hydrogen (secondary N) is 1. The van der Waals surface area contributed by atoms with E-state index in [1.54, 1.807) is 26.8 Å². The van der Waals surface area contributed by atoms with Gasteiger partial charge in [0.2, 0.25) is 0 Å². The number of thiophene rings is 1. The van der Waals surface area contributed by atoms with Gasteiger partial charge in [0, 0.05) is 36.9 Å². The standard InChI is InChI=1S/C18H27N3O5S3/c1-18(2,3)19-28(22,23)16-14-15-6-9-21(29(24,25)17(15)27-16)8-5-4-7-20-10-12-26-13-11-20/h4-6,9,14,19H,7-8,10-13H2,1-3H3/b5-4+. The Bertz CT molecular complexity index is 998. The van der Waals surface area contributed by atoms with Crippen LogP contribution in [0.15, 0.2) is 32.8 Å². The number of sulfonamides is 2. The summed E-state index contributed by atoms with van der Waals surface area (Å²) in [7, 11) is -7.57. The fourth-order valence-corrected chi connectivity index (χ4v) is 7.86. The zero-order valence-corrected chi connectivity index (χ0v) is 19.2. The maximum Gasteiger partial charge on any atom is 0.274 e. The summed E-state index contributed by atoms with van der Waals surface area (Å²) in [6.07, 6.45) is 6.88. The van der Waals surface area contributed by atoms with Gasteiger partial charge in [-0.25, -0.2) is 21.6 Å². The molecule has 0 aliphatic carbocycles. The second-order valence-electron chi connectivity index (χ2n) is 7.94. The van der Waals surface area contributed by atoms with Crippen LogP contribution in [0.1, 0.15) is 26.3 Å². The Labute approximate surface area is 176 Å². The topological polar surface area (TPSA) is 96.0 Å². The molecule has 0 atom stereocenters. The van der Waals surface area contributed by atoms with Gasteiger partial charge in [0.15, 0.2) is 0 Å². The van der Waals surface area contributed by atoms with Crippen molar-refractivity contribution in [3.8, 4) is 0 Å². The van der Waals surface area contributed by atoms with Crippen molar-refractivity contribution in [2.75, 3.05) is 39.4 Å². The largest absolute Gasteiger partial charge is 0.379 e. The summed E-state index contributed by atoms with van der Waals surface area (Å²) in [5, 5.41) is 0. The first-order valence-electron chi connectivity index (χ1n) is 9.32. The van der Waals surface area contributed by atoms with E-state index in [2.05, 4.69) is 9.62 Å². The Morgan fingerprint density at radius 1 is 1.21 bits per heavy atom. The van der Waals surface area contributed by atoms with Gasteiger partial charge in [0.1, 0.15) is 8.42 Å². The molecule has 0 spiro atoms. The molecule has 0 unspecified atom stereocenters. The Balaban J connectivity index is 1.71. The Morgan fingerprint density at radius 2 is 1.86 bits per heavy atom. The second kappa shape index (κ2) is 8.48. The van der Waals surface area contributed by atoms with Gasteiger partial charge in [-0.3, -0.25) is 9.21 Å². The summed E-state index contributed by atoms with van der Waals surface area (Å²) in [5.41, 5.74) is -0.257. The van der Waals surface area contributed by atoms with Gasteiger partial charge < -0.3 is 4.74 Å². The number of rotatable bonds is 6. The molecule has 1 fully saturated rings. The third-order valence-corrected chi connectivity index (χ3v) is 9.94. The van der Waals surface area contributed by atoms with E-state index in [-0.39, 0.29) is 15.0 Å². The van der Waals surface area contributed by atoms with E-state index < -0.39 is 25.6 Å². The fourth-order valence-electron chi connectivity index (χ4n) is 2.96. The highest BCUT2D eigenvalue weighted by molar-refractivity contribution is 7.94. The van der Waals surface area contributed by atoms with E-state index in [1.807, 2.05) is 12.2 Å². The molecular weight excluding hydrogens is 434 g/mol. The van der Waals surface area contributed by atoms with E-state index in [9.17, 15) is 16.8 Å². The lowest BCUT2D eigenvalue weighted by molar-refractivity contribution is 0.0434. The van der Waals surface area contributed by atoms with Gasteiger partial charge in [-0.15, -0.1) is 11.3 Å². The molecule has 0 saturated carbocycles. The third-order valence-electron chi connectivity index (χ3n) is 4.29. The van der Waals surface area contributed by atoms with Gasteiger partial charge >= 0.3 is 0 Å². The number of morpholine rings is 1. The molecular formula is C18H27N3O5S3. The SMILES string of the molecule is CC(C)(C)NS(=O)(=O)c1cc2c(s1)S(=O)(=O)N(C/C=C/CN1CCOCC1)C=C2. The lowest BCUT2D eigenvalue weighted by atomic mass is 10.1. The summed E-state index contributed by atoms with van der Waals surface area (Å²) in [5.74, 6) is 0. The number of nitrogens with zero attached hydrogens (tertiary/aromatic N) is 2. The highest BCUT2D eigenvalue weighted by Crippen LogP contribution is 2.36. The van der Waals surface area contributed by atoms with Crippen LogP contribution in [0.2, 0.25) is 0 Å². The lowest BCUT2D eigenvalue weighted by Gasteiger charge is -2.25. The smallest absolute Gasteiger partial charge is 0.274 e. The van der Waals surface area contributed by atoms with Crippen LogP contribution in [0.25, 0.3) is 6.08 Å². The first kappa shape index (κ1) is 22.4. The quantitative estimate of drug-likeness (QED) is 0.648. The van der Waals surface area contributed by atoms with Gasteiger partial charge in [-0.2, -0.15) is 0 Å². The Hall–Kier alpha value is -1.24. The first-order valence-corrected chi connectivity index (χ1v) is 13.1. The zero-order valence-electron chi connectivity index (χ0n) is 16.8. The van der Waals surface area contributed by atoms with Crippen molar-refractivity contribution in [2.24, 2.45) is 0 Å². The summed E-state index contributed by atoms with van der Waals surface area (Å²) in [6, 6.07) is 1.41. The van der Waals surface area contributed by atoms with Crippen LogP contribution in [0.4, 0.5) is 0 Å². The fraction of sp³-hybridized carbons (Fsp3) is 0.556. The second-order valence-corrected chi connectivity index (χ2v) is 13.0. The predicted octanol–water partition coefficient (Wildman–Crippen LogP) is 1.69. The molecule has 1 aromatic heterocycles. The molecule has 3 rings (SSSR count). The molecule has 29 heavy (non-hydrogen) atoms. The summed E-state index contributed by atoms with van der Waals surface area (Å²) in [6.45, 7) is 9.31. The van der Waals surface area contributed by atoms with Crippen LogP contribution in [0.5, 0.6) is 0 Å². The molecule has 3 heterocycles. The van der Waals surface area contributed by atoms with Crippen LogP contribution in [-0.2, 0) is 24.8 Å². The third kappa shape index (κ3) is 5.47. The van der Waals surface area contributed by atoms with E-state index in [0.717, 1.165) is 31.0 Å². The van der Waals surface area contributed by atoms with Crippen LogP contribution < -0.4 is 4.72 Å². The average molecular weight is 462 g/mol. The monoisotopic (exact) mass is 461 g/mol. The Kier molecular flexibility index (Phi) is 6.56. The van der Waals surface area contributed by atoms with E-state index in [0.29, 0.717) is 18.8 Å². The lowest BCUT2D eigenvalue weighted by Crippen LogP contribution is -2.40. The molecule has 0 aromatic carbocycles. The highest BCUT2D eigenvalue weighted by Gasteiger charge is 2.33. The molecule has 2 aliphatic heterocycles. The molecule has 11 heteroatoms. The van der Waals surface area contributed by atoms with Crippen LogP contribution in [-0.4, -0.2) is 71.0 Å². The van der Waals surface area contributed by atoms with Crippen molar-refractivity contribution in [3.63, 3.8) is 0 Å². The highest BCUT2D eigenvalue weighted by atomic mass is 32.3. The molecule has 0 radical (unpaired) electrons. The van der Waals surface area contributed by atoms with Gasteiger partial charge in [-0.1, -0.05) is 12.2 Å². The maximum atomic E-state index is 12.9. The van der Waals surface area contributed by atoms with Gasteiger partial charge in [-0.05, 0) is 32.9 Å². The Morgan fingerprint density at radius 3 is 2.52 bits per heavy atom. The van der Waals surface area contributed by atoms with Crippen molar-refractivity contribution < 1.29 is 21.6 Å². The number of ether oxygens (including phenoxy) is 1. The number of hydrogen-bond acceptors (Lipinski definition) is 7. The number of fused-ring (bicyclic) bond motifs is 1. The molecule has 0 bridgehead atoms. The van der Waals surface area contributed by atoms with Crippen molar-refractivity contribution in [1.82, 2.24) is 13.9 Å². The van der Waals surface area contributed by atoms with Crippen LogP contribution >= 0.6 is 11.3 Å². The summed E-state index contributed by atoms with van der Waals surface area (Å²) < 4.78 is 60.1. The molecule has 162 valence electrons.